The number of fused-ring (bicyclic) bond motifs is 1. The Kier molecular flexibility index (Phi) is 1.45. The standard InChI is InChI=1S/C11H16N2O/c1-7-10(6-12-13(7)2)11(14)8-4-3-5-9(8)11/h6,8-9,14H,3-5H2,1-2H3. The minimum Gasteiger partial charge on any atom is -0.384 e. The molecule has 1 aromatic rings. The Bertz CT molecular complexity index is 373. The molecule has 1 N–H and O–H groups in total. The van der Waals surface area contributed by atoms with Gasteiger partial charge in [-0.15, -0.1) is 0 Å². The first kappa shape index (κ1) is 8.48. The van der Waals surface area contributed by atoms with E-state index >= 15 is 0 Å². The fourth-order valence-corrected chi connectivity index (χ4v) is 3.21. The second-order valence-electron chi connectivity index (χ2n) is 4.74. The molecule has 0 radical (unpaired) electrons. The molecule has 3 nitrogen and oxygen atoms in total. The second kappa shape index (κ2) is 2.40. The van der Waals surface area contributed by atoms with Crippen molar-refractivity contribution in [3.05, 3.63) is 17.5 Å². The zero-order valence-corrected chi connectivity index (χ0v) is 8.70. The summed E-state index contributed by atoms with van der Waals surface area (Å²) in [4.78, 5) is 0. The van der Waals surface area contributed by atoms with Crippen LogP contribution in [-0.4, -0.2) is 14.9 Å². The zero-order valence-electron chi connectivity index (χ0n) is 8.70. The van der Waals surface area contributed by atoms with Crippen LogP contribution in [0.4, 0.5) is 0 Å². The fraction of sp³-hybridized carbons (Fsp3) is 0.727. The summed E-state index contributed by atoms with van der Waals surface area (Å²) in [5.41, 5.74) is 1.66. The third kappa shape index (κ3) is 0.793. The lowest BCUT2D eigenvalue weighted by atomic mass is 10.0. The van der Waals surface area contributed by atoms with Crippen molar-refractivity contribution in [3.63, 3.8) is 0 Å². The minimum absolute atomic E-state index is 0.517. The van der Waals surface area contributed by atoms with E-state index in [9.17, 15) is 5.11 Å². The highest BCUT2D eigenvalue weighted by Gasteiger charge is 2.67. The van der Waals surface area contributed by atoms with Crippen molar-refractivity contribution < 1.29 is 5.11 Å². The number of aliphatic hydroxyl groups is 1. The first-order valence-electron chi connectivity index (χ1n) is 5.37. The smallest absolute Gasteiger partial charge is 0.0993 e. The van der Waals surface area contributed by atoms with Crippen LogP contribution in [0.5, 0.6) is 0 Å². The van der Waals surface area contributed by atoms with E-state index in [2.05, 4.69) is 5.10 Å². The van der Waals surface area contributed by atoms with Gasteiger partial charge >= 0.3 is 0 Å². The Labute approximate surface area is 83.7 Å². The van der Waals surface area contributed by atoms with Crippen molar-refractivity contribution >= 4 is 0 Å². The third-order valence-corrected chi connectivity index (χ3v) is 4.20. The van der Waals surface area contributed by atoms with E-state index in [4.69, 9.17) is 0 Å². The number of aromatic nitrogens is 2. The quantitative estimate of drug-likeness (QED) is 0.729. The van der Waals surface area contributed by atoms with Crippen molar-refractivity contribution in [2.24, 2.45) is 18.9 Å². The SMILES string of the molecule is Cc1c(C2(O)C3CCCC32)cnn1C. The van der Waals surface area contributed by atoms with Crippen LogP contribution in [0.3, 0.4) is 0 Å². The average Bonchev–Trinajstić information content (AvgIpc) is 2.63. The largest absolute Gasteiger partial charge is 0.384 e. The summed E-state index contributed by atoms with van der Waals surface area (Å²) < 4.78 is 1.85. The molecule has 2 aliphatic carbocycles. The molecule has 0 amide bonds. The Hall–Kier alpha value is -0.830. The first-order chi connectivity index (χ1) is 6.65. The molecule has 2 fully saturated rings. The maximum absolute atomic E-state index is 10.5. The molecule has 0 saturated heterocycles. The highest BCUT2D eigenvalue weighted by atomic mass is 16.3. The van der Waals surface area contributed by atoms with E-state index in [1.54, 1.807) is 0 Å². The Balaban J connectivity index is 2.01. The van der Waals surface area contributed by atoms with Crippen molar-refractivity contribution in [2.75, 3.05) is 0 Å². The normalized spacial score (nSPS) is 39.9. The molecule has 0 spiro atoms. The summed E-state index contributed by atoms with van der Waals surface area (Å²) >= 11 is 0. The van der Waals surface area contributed by atoms with Crippen LogP contribution < -0.4 is 0 Å². The topological polar surface area (TPSA) is 38.1 Å². The molecule has 2 atom stereocenters. The fourth-order valence-electron chi connectivity index (χ4n) is 3.21. The zero-order chi connectivity index (χ0) is 9.92. The minimum atomic E-state index is -0.517. The molecule has 0 aromatic carbocycles. The van der Waals surface area contributed by atoms with E-state index < -0.39 is 5.60 Å². The molecule has 14 heavy (non-hydrogen) atoms. The van der Waals surface area contributed by atoms with Crippen molar-refractivity contribution in [1.29, 1.82) is 0 Å². The predicted molar refractivity (Wildman–Crippen MR) is 52.7 cm³/mol. The van der Waals surface area contributed by atoms with E-state index in [1.807, 2.05) is 24.9 Å². The van der Waals surface area contributed by atoms with E-state index in [1.165, 1.54) is 19.3 Å². The predicted octanol–water partition coefficient (Wildman–Crippen LogP) is 1.35. The molecule has 0 bridgehead atoms. The molecule has 3 rings (SSSR count). The number of hydrogen-bond donors (Lipinski definition) is 1. The van der Waals surface area contributed by atoms with Crippen LogP contribution in [0.1, 0.15) is 30.5 Å². The molecule has 1 aromatic heterocycles. The number of aryl methyl sites for hydroxylation is 1. The lowest BCUT2D eigenvalue weighted by Crippen LogP contribution is -2.14. The second-order valence-corrected chi connectivity index (χ2v) is 4.74. The molecule has 1 heterocycles. The highest BCUT2D eigenvalue weighted by molar-refractivity contribution is 5.35. The van der Waals surface area contributed by atoms with Crippen LogP contribution in [-0.2, 0) is 12.6 Å². The molecule has 2 unspecified atom stereocenters. The molecular formula is C11H16N2O. The molecular weight excluding hydrogens is 176 g/mol. The first-order valence-corrected chi connectivity index (χ1v) is 5.37. The summed E-state index contributed by atoms with van der Waals surface area (Å²) in [5.74, 6) is 1.04. The molecule has 2 saturated carbocycles. The Morgan fingerprint density at radius 3 is 2.64 bits per heavy atom. The lowest BCUT2D eigenvalue weighted by Gasteiger charge is -2.13. The number of hydrogen-bond acceptors (Lipinski definition) is 2. The molecule has 3 heteroatoms. The summed E-state index contributed by atoms with van der Waals surface area (Å²) in [6.07, 6.45) is 5.51. The Morgan fingerprint density at radius 1 is 1.50 bits per heavy atom. The van der Waals surface area contributed by atoms with Gasteiger partial charge in [0.1, 0.15) is 0 Å². The van der Waals surface area contributed by atoms with Crippen LogP contribution >= 0.6 is 0 Å². The van der Waals surface area contributed by atoms with Gasteiger partial charge in [0.25, 0.3) is 0 Å². The van der Waals surface area contributed by atoms with Gasteiger partial charge in [-0.1, -0.05) is 6.42 Å². The number of nitrogens with zero attached hydrogens (tertiary/aromatic N) is 2. The Morgan fingerprint density at radius 2 is 2.14 bits per heavy atom. The van der Waals surface area contributed by atoms with Gasteiger partial charge in [0.15, 0.2) is 0 Å². The maximum Gasteiger partial charge on any atom is 0.0993 e. The third-order valence-electron chi connectivity index (χ3n) is 4.20. The van der Waals surface area contributed by atoms with Gasteiger partial charge < -0.3 is 5.11 Å². The molecule has 0 aliphatic heterocycles. The number of rotatable bonds is 1. The van der Waals surface area contributed by atoms with Gasteiger partial charge in [0, 0.05) is 18.3 Å². The summed E-state index contributed by atoms with van der Waals surface area (Å²) in [7, 11) is 1.93. The van der Waals surface area contributed by atoms with Gasteiger partial charge in [-0.05, 0) is 31.6 Å². The van der Waals surface area contributed by atoms with Gasteiger partial charge in [0.05, 0.1) is 11.8 Å². The van der Waals surface area contributed by atoms with E-state index in [0.717, 1.165) is 11.3 Å². The van der Waals surface area contributed by atoms with Crippen molar-refractivity contribution in [2.45, 2.75) is 31.8 Å². The van der Waals surface area contributed by atoms with E-state index in [0.29, 0.717) is 11.8 Å². The van der Waals surface area contributed by atoms with Crippen LogP contribution in [0, 0.1) is 18.8 Å². The lowest BCUT2D eigenvalue weighted by molar-refractivity contribution is 0.105. The molecule has 2 aliphatic rings. The van der Waals surface area contributed by atoms with Gasteiger partial charge in [-0.2, -0.15) is 5.10 Å². The van der Waals surface area contributed by atoms with Crippen molar-refractivity contribution in [1.82, 2.24) is 9.78 Å². The summed E-state index contributed by atoms with van der Waals surface area (Å²) in [6.45, 7) is 2.04. The van der Waals surface area contributed by atoms with Crippen LogP contribution in [0.15, 0.2) is 6.20 Å². The molecule has 76 valence electrons. The highest BCUT2D eigenvalue weighted by Crippen LogP contribution is 2.66. The van der Waals surface area contributed by atoms with E-state index in [-0.39, 0.29) is 0 Å². The van der Waals surface area contributed by atoms with Gasteiger partial charge in [0.2, 0.25) is 0 Å². The van der Waals surface area contributed by atoms with Crippen LogP contribution in [0.25, 0.3) is 0 Å². The van der Waals surface area contributed by atoms with Crippen LogP contribution in [0.2, 0.25) is 0 Å². The van der Waals surface area contributed by atoms with Gasteiger partial charge in [-0.25, -0.2) is 0 Å². The summed E-state index contributed by atoms with van der Waals surface area (Å²) in [6, 6.07) is 0. The van der Waals surface area contributed by atoms with Crippen molar-refractivity contribution in [3.8, 4) is 0 Å². The average molecular weight is 192 g/mol. The summed E-state index contributed by atoms with van der Waals surface area (Å²) in [5, 5.41) is 14.7. The monoisotopic (exact) mass is 192 g/mol. The van der Waals surface area contributed by atoms with Gasteiger partial charge in [-0.3, -0.25) is 4.68 Å². The maximum atomic E-state index is 10.5.